The topological polar surface area (TPSA) is 29.9 Å². The molecule has 0 aliphatic heterocycles. The standard InChI is InChI=1S/C10H13N3S/c1-8-3-4-9(2)13(8)12-7-10-11-5-6-14-10/h3-6,12H,7H2,1-2H3. The van der Waals surface area contributed by atoms with Crippen molar-refractivity contribution in [2.24, 2.45) is 0 Å². The molecule has 1 N–H and O–H groups in total. The summed E-state index contributed by atoms with van der Waals surface area (Å²) < 4.78 is 2.08. The summed E-state index contributed by atoms with van der Waals surface area (Å²) in [4.78, 5) is 4.22. The lowest BCUT2D eigenvalue weighted by Gasteiger charge is -2.10. The molecular formula is C10H13N3S. The maximum Gasteiger partial charge on any atom is 0.113 e. The zero-order chi connectivity index (χ0) is 9.97. The summed E-state index contributed by atoms with van der Waals surface area (Å²) in [6.45, 7) is 4.96. The van der Waals surface area contributed by atoms with E-state index in [4.69, 9.17) is 0 Å². The third-order valence-corrected chi connectivity index (χ3v) is 2.92. The molecule has 0 saturated heterocycles. The summed E-state index contributed by atoms with van der Waals surface area (Å²) in [5.41, 5.74) is 5.77. The van der Waals surface area contributed by atoms with Gasteiger partial charge in [0.25, 0.3) is 0 Å². The van der Waals surface area contributed by atoms with Crippen LogP contribution in [0.25, 0.3) is 0 Å². The Morgan fingerprint density at radius 1 is 1.36 bits per heavy atom. The monoisotopic (exact) mass is 207 g/mol. The van der Waals surface area contributed by atoms with E-state index in [0.29, 0.717) is 0 Å². The normalized spacial score (nSPS) is 10.4. The van der Waals surface area contributed by atoms with Gasteiger partial charge < -0.3 is 5.43 Å². The van der Waals surface area contributed by atoms with Crippen molar-refractivity contribution < 1.29 is 0 Å². The van der Waals surface area contributed by atoms with Crippen LogP contribution in [0.3, 0.4) is 0 Å². The lowest BCUT2D eigenvalue weighted by Crippen LogP contribution is -2.16. The van der Waals surface area contributed by atoms with E-state index in [1.165, 1.54) is 11.4 Å². The SMILES string of the molecule is Cc1ccc(C)n1NCc1nccs1. The Morgan fingerprint density at radius 3 is 2.64 bits per heavy atom. The van der Waals surface area contributed by atoms with Gasteiger partial charge in [0.15, 0.2) is 0 Å². The summed E-state index contributed by atoms with van der Waals surface area (Å²) >= 11 is 1.67. The highest BCUT2D eigenvalue weighted by molar-refractivity contribution is 7.09. The molecule has 0 aliphatic carbocycles. The van der Waals surface area contributed by atoms with E-state index in [2.05, 4.69) is 41.1 Å². The first-order valence-corrected chi connectivity index (χ1v) is 5.42. The third kappa shape index (κ3) is 1.80. The number of nitrogens with zero attached hydrogens (tertiary/aromatic N) is 2. The molecule has 2 heterocycles. The molecule has 0 radical (unpaired) electrons. The third-order valence-electron chi connectivity index (χ3n) is 2.14. The molecule has 0 fully saturated rings. The van der Waals surface area contributed by atoms with Crippen LogP contribution >= 0.6 is 11.3 Å². The molecular weight excluding hydrogens is 194 g/mol. The van der Waals surface area contributed by atoms with Crippen molar-refractivity contribution in [3.63, 3.8) is 0 Å². The van der Waals surface area contributed by atoms with Crippen molar-refractivity contribution in [3.05, 3.63) is 40.1 Å². The van der Waals surface area contributed by atoms with Crippen LogP contribution in [0.15, 0.2) is 23.7 Å². The minimum atomic E-state index is 0.786. The Kier molecular flexibility index (Phi) is 2.54. The minimum absolute atomic E-state index is 0.786. The first-order chi connectivity index (χ1) is 6.77. The maximum absolute atomic E-state index is 4.22. The van der Waals surface area contributed by atoms with E-state index >= 15 is 0 Å². The van der Waals surface area contributed by atoms with Crippen molar-refractivity contribution in [3.8, 4) is 0 Å². The van der Waals surface area contributed by atoms with Crippen LogP contribution in [0.5, 0.6) is 0 Å². The van der Waals surface area contributed by atoms with Gasteiger partial charge in [-0.1, -0.05) is 0 Å². The molecule has 4 heteroatoms. The van der Waals surface area contributed by atoms with E-state index in [1.807, 2.05) is 11.6 Å². The number of rotatable bonds is 3. The van der Waals surface area contributed by atoms with Crippen molar-refractivity contribution >= 4 is 11.3 Å². The molecule has 74 valence electrons. The van der Waals surface area contributed by atoms with Gasteiger partial charge >= 0.3 is 0 Å². The van der Waals surface area contributed by atoms with Gasteiger partial charge in [0.05, 0.1) is 6.54 Å². The molecule has 0 aromatic carbocycles. The predicted molar refractivity (Wildman–Crippen MR) is 59.1 cm³/mol. The highest BCUT2D eigenvalue weighted by Gasteiger charge is 2.00. The predicted octanol–water partition coefficient (Wildman–Crippen LogP) is 2.31. The average molecular weight is 207 g/mol. The van der Waals surface area contributed by atoms with Gasteiger partial charge in [0, 0.05) is 23.0 Å². The molecule has 2 rings (SSSR count). The number of thiazole rings is 1. The van der Waals surface area contributed by atoms with Crippen LogP contribution in [0.1, 0.15) is 16.4 Å². The zero-order valence-corrected chi connectivity index (χ0v) is 9.14. The summed E-state index contributed by atoms with van der Waals surface area (Å²) in [5, 5.41) is 3.10. The van der Waals surface area contributed by atoms with E-state index in [9.17, 15) is 0 Å². The van der Waals surface area contributed by atoms with Crippen LogP contribution < -0.4 is 5.43 Å². The Morgan fingerprint density at radius 2 is 2.07 bits per heavy atom. The fourth-order valence-corrected chi connectivity index (χ4v) is 1.95. The quantitative estimate of drug-likeness (QED) is 0.837. The molecule has 0 aliphatic rings. The first-order valence-electron chi connectivity index (χ1n) is 4.54. The van der Waals surface area contributed by atoms with Gasteiger partial charge in [-0.05, 0) is 26.0 Å². The average Bonchev–Trinajstić information content (AvgIpc) is 2.76. The fourth-order valence-electron chi connectivity index (χ4n) is 1.40. The van der Waals surface area contributed by atoms with Gasteiger partial charge in [0.2, 0.25) is 0 Å². The smallest absolute Gasteiger partial charge is 0.113 e. The molecule has 3 nitrogen and oxygen atoms in total. The largest absolute Gasteiger partial charge is 0.319 e. The van der Waals surface area contributed by atoms with E-state index in [1.54, 1.807) is 11.3 Å². The lowest BCUT2D eigenvalue weighted by molar-refractivity contribution is 0.789. The van der Waals surface area contributed by atoms with Gasteiger partial charge in [0.1, 0.15) is 5.01 Å². The van der Waals surface area contributed by atoms with Crippen LogP contribution in [-0.2, 0) is 6.54 Å². The molecule has 2 aromatic rings. The Bertz CT molecular complexity index is 383. The molecule has 0 unspecified atom stereocenters. The van der Waals surface area contributed by atoms with Gasteiger partial charge in [-0.15, -0.1) is 11.3 Å². The molecule has 0 saturated carbocycles. The Balaban J connectivity index is 2.05. The zero-order valence-electron chi connectivity index (χ0n) is 8.32. The van der Waals surface area contributed by atoms with Crippen LogP contribution in [0, 0.1) is 13.8 Å². The van der Waals surface area contributed by atoms with Gasteiger partial charge in [-0.25, -0.2) is 4.98 Å². The summed E-state index contributed by atoms with van der Waals surface area (Å²) in [6, 6.07) is 4.20. The van der Waals surface area contributed by atoms with Crippen molar-refractivity contribution in [2.45, 2.75) is 20.4 Å². The van der Waals surface area contributed by atoms with E-state index in [-0.39, 0.29) is 0 Å². The Hall–Kier alpha value is -1.29. The van der Waals surface area contributed by atoms with Crippen LogP contribution in [0.4, 0.5) is 0 Å². The summed E-state index contributed by atoms with van der Waals surface area (Å²) in [6.07, 6.45) is 1.83. The van der Waals surface area contributed by atoms with Gasteiger partial charge in [-0.3, -0.25) is 4.68 Å². The number of aryl methyl sites for hydroxylation is 2. The Labute approximate surface area is 87.4 Å². The van der Waals surface area contributed by atoms with Crippen molar-refractivity contribution in [1.29, 1.82) is 0 Å². The number of hydrogen-bond acceptors (Lipinski definition) is 3. The molecule has 14 heavy (non-hydrogen) atoms. The highest BCUT2D eigenvalue weighted by atomic mass is 32.1. The second-order valence-electron chi connectivity index (χ2n) is 3.21. The van der Waals surface area contributed by atoms with Crippen LogP contribution in [0.2, 0.25) is 0 Å². The summed E-state index contributed by atoms with van der Waals surface area (Å²) in [7, 11) is 0. The molecule has 0 atom stereocenters. The lowest BCUT2D eigenvalue weighted by atomic mass is 10.5. The van der Waals surface area contributed by atoms with Crippen molar-refractivity contribution in [2.75, 3.05) is 5.43 Å². The van der Waals surface area contributed by atoms with Crippen molar-refractivity contribution in [1.82, 2.24) is 9.66 Å². The number of nitrogens with one attached hydrogen (secondary N) is 1. The first kappa shape index (κ1) is 9.27. The number of aromatic nitrogens is 2. The fraction of sp³-hybridized carbons (Fsp3) is 0.300. The van der Waals surface area contributed by atoms with Gasteiger partial charge in [-0.2, -0.15) is 0 Å². The summed E-state index contributed by atoms with van der Waals surface area (Å²) in [5.74, 6) is 0. The van der Waals surface area contributed by atoms with Crippen LogP contribution in [-0.4, -0.2) is 9.66 Å². The highest BCUT2D eigenvalue weighted by Crippen LogP contribution is 2.07. The molecule has 0 bridgehead atoms. The molecule has 0 spiro atoms. The minimum Gasteiger partial charge on any atom is -0.319 e. The second kappa shape index (κ2) is 3.84. The maximum atomic E-state index is 4.22. The van der Waals surface area contributed by atoms with E-state index < -0.39 is 0 Å². The number of hydrogen-bond donors (Lipinski definition) is 1. The van der Waals surface area contributed by atoms with E-state index in [0.717, 1.165) is 11.6 Å². The molecule has 0 amide bonds. The molecule has 2 aromatic heterocycles. The second-order valence-corrected chi connectivity index (χ2v) is 4.19.